The van der Waals surface area contributed by atoms with Crippen molar-refractivity contribution in [3.63, 3.8) is 0 Å². The molecule has 3 aromatic carbocycles. The van der Waals surface area contributed by atoms with E-state index >= 15 is 0 Å². The summed E-state index contributed by atoms with van der Waals surface area (Å²) in [5.41, 5.74) is 6.19. The van der Waals surface area contributed by atoms with E-state index in [1.807, 2.05) is 6.07 Å². The van der Waals surface area contributed by atoms with Crippen molar-refractivity contribution in [3.8, 4) is 22.5 Å². The van der Waals surface area contributed by atoms with Gasteiger partial charge in [0, 0.05) is 44.3 Å². The maximum Gasteiger partial charge on any atom is 0.138 e. The third-order valence-corrected chi connectivity index (χ3v) is 7.88. The minimum atomic E-state index is -0.259. The van der Waals surface area contributed by atoms with Crippen molar-refractivity contribution in [1.29, 1.82) is 0 Å². The summed E-state index contributed by atoms with van der Waals surface area (Å²) in [5.74, 6) is 0.499. The fourth-order valence-corrected chi connectivity index (χ4v) is 5.67. The van der Waals surface area contributed by atoms with Crippen molar-refractivity contribution >= 4 is 11.0 Å². The Morgan fingerprint density at radius 2 is 1.58 bits per heavy atom. The van der Waals surface area contributed by atoms with Gasteiger partial charge in [-0.25, -0.2) is 9.37 Å². The Balaban J connectivity index is 1.09. The first kappa shape index (κ1) is 23.3. The molecular formula is C30H34FN5. The highest BCUT2D eigenvalue weighted by Crippen LogP contribution is 2.27. The highest BCUT2D eigenvalue weighted by Gasteiger charge is 2.26. The van der Waals surface area contributed by atoms with E-state index < -0.39 is 0 Å². The van der Waals surface area contributed by atoms with Crippen LogP contribution in [0.25, 0.3) is 33.5 Å². The second-order valence-electron chi connectivity index (χ2n) is 10.4. The van der Waals surface area contributed by atoms with Gasteiger partial charge < -0.3 is 9.88 Å². The average Bonchev–Trinajstić information content (AvgIpc) is 3.34. The fourth-order valence-electron chi connectivity index (χ4n) is 5.67. The van der Waals surface area contributed by atoms with Crippen LogP contribution in [0.5, 0.6) is 0 Å². The third-order valence-electron chi connectivity index (χ3n) is 7.88. The Kier molecular flexibility index (Phi) is 6.57. The Hall–Kier alpha value is -3.06. The number of rotatable bonds is 5. The predicted molar refractivity (Wildman–Crippen MR) is 144 cm³/mol. The molecule has 36 heavy (non-hydrogen) atoms. The lowest BCUT2D eigenvalue weighted by molar-refractivity contribution is 0.0618. The number of piperidine rings is 1. The molecule has 0 saturated carbocycles. The molecule has 5 nitrogen and oxygen atoms in total. The lowest BCUT2D eigenvalue weighted by atomic mass is 10.0. The summed E-state index contributed by atoms with van der Waals surface area (Å²) in [6.45, 7) is 8.16. The molecule has 2 saturated heterocycles. The highest BCUT2D eigenvalue weighted by molar-refractivity contribution is 5.80. The molecule has 0 bridgehead atoms. The number of hydrogen-bond acceptors (Lipinski definition) is 4. The molecular weight excluding hydrogens is 449 g/mol. The SMILES string of the molecule is CN1CCC(N2CCN(Cc3ccc(-c4cccc(-c5nc6ccc(F)cc6[nH]5)c4)cc3)CC2)CC1. The molecule has 1 aromatic heterocycles. The van der Waals surface area contributed by atoms with Crippen molar-refractivity contribution < 1.29 is 4.39 Å². The van der Waals surface area contributed by atoms with Crippen LogP contribution in [0.15, 0.2) is 66.7 Å². The van der Waals surface area contributed by atoms with Gasteiger partial charge >= 0.3 is 0 Å². The third kappa shape index (κ3) is 5.07. The van der Waals surface area contributed by atoms with Gasteiger partial charge in [0.1, 0.15) is 11.6 Å². The quantitative estimate of drug-likeness (QED) is 0.421. The number of aromatic nitrogens is 2. The van der Waals surface area contributed by atoms with Crippen molar-refractivity contribution in [1.82, 2.24) is 24.7 Å². The first-order valence-corrected chi connectivity index (χ1v) is 13.1. The van der Waals surface area contributed by atoms with Gasteiger partial charge in [0.2, 0.25) is 0 Å². The van der Waals surface area contributed by atoms with Gasteiger partial charge in [-0.15, -0.1) is 0 Å². The molecule has 0 spiro atoms. The van der Waals surface area contributed by atoms with Crippen LogP contribution in [0.2, 0.25) is 0 Å². The molecule has 2 aliphatic heterocycles. The number of H-pyrrole nitrogens is 1. The molecule has 6 heteroatoms. The normalized spacial score (nSPS) is 18.7. The number of fused-ring (bicyclic) bond motifs is 1. The Morgan fingerprint density at radius 1 is 0.833 bits per heavy atom. The Bertz CT molecular complexity index is 1310. The van der Waals surface area contributed by atoms with E-state index in [0.717, 1.165) is 48.1 Å². The second kappa shape index (κ2) is 10.1. The minimum absolute atomic E-state index is 0.259. The second-order valence-corrected chi connectivity index (χ2v) is 10.4. The Labute approximate surface area is 212 Å². The van der Waals surface area contributed by atoms with E-state index in [9.17, 15) is 4.39 Å². The van der Waals surface area contributed by atoms with E-state index in [2.05, 4.69) is 74.2 Å². The molecule has 1 N–H and O–H groups in total. The monoisotopic (exact) mass is 483 g/mol. The van der Waals surface area contributed by atoms with Crippen molar-refractivity contribution in [2.45, 2.75) is 25.4 Å². The van der Waals surface area contributed by atoms with Gasteiger partial charge in [-0.2, -0.15) is 0 Å². The summed E-state index contributed by atoms with van der Waals surface area (Å²) in [4.78, 5) is 15.7. The van der Waals surface area contributed by atoms with Gasteiger partial charge in [0.25, 0.3) is 0 Å². The number of halogens is 1. The molecule has 4 aromatic rings. The molecule has 0 radical (unpaired) electrons. The van der Waals surface area contributed by atoms with E-state index in [-0.39, 0.29) is 5.82 Å². The zero-order valence-corrected chi connectivity index (χ0v) is 21.0. The topological polar surface area (TPSA) is 38.4 Å². The lowest BCUT2D eigenvalue weighted by Gasteiger charge is -2.42. The maximum atomic E-state index is 13.6. The summed E-state index contributed by atoms with van der Waals surface area (Å²) in [5, 5.41) is 0. The minimum Gasteiger partial charge on any atom is -0.338 e. The predicted octanol–water partition coefficient (Wildman–Crippen LogP) is 5.25. The van der Waals surface area contributed by atoms with E-state index in [0.29, 0.717) is 5.52 Å². The van der Waals surface area contributed by atoms with Crippen LogP contribution in [0, 0.1) is 5.82 Å². The first-order valence-electron chi connectivity index (χ1n) is 13.1. The largest absolute Gasteiger partial charge is 0.338 e. The zero-order chi connectivity index (χ0) is 24.5. The van der Waals surface area contributed by atoms with Gasteiger partial charge in [-0.1, -0.05) is 42.5 Å². The number of hydrogen-bond donors (Lipinski definition) is 1. The standard InChI is InChI=1S/C30H34FN5/c1-34-13-11-27(12-14-34)36-17-15-35(16-18-36)21-22-5-7-23(8-6-22)24-3-2-4-25(19-24)30-32-28-10-9-26(31)20-29(28)33-30/h2-10,19-20,27H,11-18,21H2,1H3,(H,32,33). The number of imidazole rings is 1. The van der Waals surface area contributed by atoms with Crippen LogP contribution in [-0.4, -0.2) is 77.0 Å². The van der Waals surface area contributed by atoms with Crippen LogP contribution >= 0.6 is 0 Å². The summed E-state index contributed by atoms with van der Waals surface area (Å²) in [6, 6.07) is 22.7. The van der Waals surface area contributed by atoms with Crippen LogP contribution in [0.1, 0.15) is 18.4 Å². The van der Waals surface area contributed by atoms with Gasteiger partial charge in [-0.05, 0) is 73.9 Å². The molecule has 6 rings (SSSR count). The number of piperazine rings is 1. The van der Waals surface area contributed by atoms with Gasteiger partial charge in [0.05, 0.1) is 11.0 Å². The molecule has 0 atom stereocenters. The number of aromatic amines is 1. The summed E-state index contributed by atoms with van der Waals surface area (Å²) in [7, 11) is 2.24. The Morgan fingerprint density at radius 3 is 2.36 bits per heavy atom. The summed E-state index contributed by atoms with van der Waals surface area (Å²) in [6.07, 6.45) is 2.63. The van der Waals surface area contributed by atoms with Crippen molar-refractivity contribution in [3.05, 3.63) is 78.1 Å². The van der Waals surface area contributed by atoms with E-state index in [4.69, 9.17) is 0 Å². The summed E-state index contributed by atoms with van der Waals surface area (Å²) >= 11 is 0. The van der Waals surface area contributed by atoms with Crippen LogP contribution in [-0.2, 0) is 6.54 Å². The molecule has 0 amide bonds. The van der Waals surface area contributed by atoms with E-state index in [1.165, 1.54) is 62.3 Å². The van der Waals surface area contributed by atoms with Gasteiger partial charge in [-0.3, -0.25) is 9.80 Å². The average molecular weight is 484 g/mol. The molecule has 2 aliphatic rings. The number of likely N-dealkylation sites (tertiary alicyclic amines) is 1. The van der Waals surface area contributed by atoms with Crippen molar-refractivity contribution in [2.24, 2.45) is 0 Å². The number of benzene rings is 3. The highest BCUT2D eigenvalue weighted by atomic mass is 19.1. The number of nitrogens with one attached hydrogen (secondary N) is 1. The molecule has 3 heterocycles. The van der Waals surface area contributed by atoms with E-state index in [1.54, 1.807) is 6.07 Å². The summed E-state index contributed by atoms with van der Waals surface area (Å²) < 4.78 is 13.6. The van der Waals surface area contributed by atoms with Gasteiger partial charge in [0.15, 0.2) is 0 Å². The fraction of sp³-hybridized carbons (Fsp3) is 0.367. The molecule has 0 aliphatic carbocycles. The molecule has 186 valence electrons. The molecule has 0 unspecified atom stereocenters. The van der Waals surface area contributed by atoms with Crippen LogP contribution in [0.4, 0.5) is 4.39 Å². The van der Waals surface area contributed by atoms with Crippen LogP contribution < -0.4 is 0 Å². The lowest BCUT2D eigenvalue weighted by Crippen LogP contribution is -2.52. The van der Waals surface area contributed by atoms with Crippen molar-refractivity contribution in [2.75, 3.05) is 46.3 Å². The number of nitrogens with zero attached hydrogens (tertiary/aromatic N) is 4. The maximum absolute atomic E-state index is 13.6. The van der Waals surface area contributed by atoms with Crippen LogP contribution in [0.3, 0.4) is 0 Å². The molecule has 2 fully saturated rings. The smallest absolute Gasteiger partial charge is 0.138 e. The zero-order valence-electron chi connectivity index (χ0n) is 21.0. The first-order chi connectivity index (χ1) is 17.6.